The van der Waals surface area contributed by atoms with E-state index in [2.05, 4.69) is 4.98 Å². The molecule has 19 heavy (non-hydrogen) atoms. The zero-order valence-corrected chi connectivity index (χ0v) is 11.6. The van der Waals surface area contributed by atoms with Crippen LogP contribution in [0.15, 0.2) is 29.0 Å². The zero-order chi connectivity index (χ0) is 13.6. The predicted molar refractivity (Wildman–Crippen MR) is 75.2 cm³/mol. The van der Waals surface area contributed by atoms with E-state index in [1.165, 1.54) is 6.07 Å². The minimum Gasteiger partial charge on any atom is -0.328 e. The largest absolute Gasteiger partial charge is 0.328 e. The molecule has 1 atom stereocenters. The maximum absolute atomic E-state index is 13.7. The van der Waals surface area contributed by atoms with Crippen molar-refractivity contribution in [1.82, 2.24) is 9.55 Å². The van der Waals surface area contributed by atoms with Gasteiger partial charge in [-0.15, -0.1) is 0 Å². The molecule has 0 saturated carbocycles. The highest BCUT2D eigenvalue weighted by Crippen LogP contribution is 2.27. The van der Waals surface area contributed by atoms with Gasteiger partial charge in [0, 0.05) is 6.07 Å². The van der Waals surface area contributed by atoms with Crippen molar-refractivity contribution in [3.05, 3.63) is 50.9 Å². The van der Waals surface area contributed by atoms with Gasteiger partial charge in [0.05, 0.1) is 11.6 Å². The van der Waals surface area contributed by atoms with E-state index in [4.69, 9.17) is 12.2 Å². The molecule has 3 aromatic rings. The first-order valence-electron chi connectivity index (χ1n) is 5.69. The lowest BCUT2D eigenvalue weighted by Crippen LogP contribution is -2.05. The molecule has 0 aliphatic heterocycles. The molecule has 0 radical (unpaired) electrons. The molecule has 1 unspecified atom stereocenters. The second-order valence-corrected chi connectivity index (χ2v) is 5.48. The molecule has 0 saturated heterocycles. The van der Waals surface area contributed by atoms with Gasteiger partial charge in [-0.2, -0.15) is 11.3 Å². The molecular weight excluding hydrogens is 286 g/mol. The number of aromatic amines is 1. The number of benzene rings is 1. The normalized spacial score (nSPS) is 13.0. The maximum atomic E-state index is 13.7. The van der Waals surface area contributed by atoms with Crippen LogP contribution in [0.4, 0.5) is 8.78 Å². The van der Waals surface area contributed by atoms with Crippen molar-refractivity contribution in [2.45, 2.75) is 13.0 Å². The van der Waals surface area contributed by atoms with Crippen LogP contribution < -0.4 is 0 Å². The smallest absolute Gasteiger partial charge is 0.178 e. The summed E-state index contributed by atoms with van der Waals surface area (Å²) in [6.45, 7) is 1.95. The van der Waals surface area contributed by atoms with Gasteiger partial charge in [0.2, 0.25) is 0 Å². The van der Waals surface area contributed by atoms with E-state index in [1.807, 2.05) is 23.8 Å². The predicted octanol–water partition coefficient (Wildman–Crippen LogP) is 4.65. The van der Waals surface area contributed by atoms with E-state index in [0.29, 0.717) is 10.3 Å². The van der Waals surface area contributed by atoms with Gasteiger partial charge in [-0.05, 0) is 47.6 Å². The molecule has 2 aromatic heterocycles. The standard InChI is InChI=1S/C13H10F2N2S2/c1-7(8-2-3-19-6-8)17-11-5-9(14)4-10(15)12(11)16-13(17)18/h2-7H,1H3,(H,16,18). The van der Waals surface area contributed by atoms with Crippen molar-refractivity contribution in [2.75, 3.05) is 0 Å². The average molecular weight is 296 g/mol. The van der Waals surface area contributed by atoms with Crippen LogP contribution in [-0.2, 0) is 0 Å². The molecule has 3 rings (SSSR count). The van der Waals surface area contributed by atoms with Crippen molar-refractivity contribution < 1.29 is 8.78 Å². The fraction of sp³-hybridized carbons (Fsp3) is 0.154. The highest BCUT2D eigenvalue weighted by Gasteiger charge is 2.16. The van der Waals surface area contributed by atoms with Crippen LogP contribution >= 0.6 is 23.6 Å². The van der Waals surface area contributed by atoms with E-state index in [9.17, 15) is 8.78 Å². The van der Waals surface area contributed by atoms with Crippen LogP contribution in [-0.4, -0.2) is 9.55 Å². The molecular formula is C13H10F2N2S2. The Labute approximate surface area is 117 Å². The molecule has 98 valence electrons. The fourth-order valence-electron chi connectivity index (χ4n) is 2.20. The summed E-state index contributed by atoms with van der Waals surface area (Å²) in [7, 11) is 0. The van der Waals surface area contributed by atoms with E-state index in [1.54, 1.807) is 15.9 Å². The first-order valence-corrected chi connectivity index (χ1v) is 7.04. The molecule has 2 nitrogen and oxygen atoms in total. The number of imidazole rings is 1. The molecule has 0 fully saturated rings. The first-order chi connectivity index (χ1) is 9.08. The summed E-state index contributed by atoms with van der Waals surface area (Å²) in [6.07, 6.45) is 0. The Morgan fingerprint density at radius 2 is 2.16 bits per heavy atom. The third-order valence-electron chi connectivity index (χ3n) is 3.16. The summed E-state index contributed by atoms with van der Waals surface area (Å²) in [5.74, 6) is -1.23. The molecule has 0 bridgehead atoms. The summed E-state index contributed by atoms with van der Waals surface area (Å²) in [5, 5.41) is 3.96. The van der Waals surface area contributed by atoms with Crippen LogP contribution in [0.2, 0.25) is 0 Å². The molecule has 0 aliphatic rings. The van der Waals surface area contributed by atoms with Gasteiger partial charge in [-0.3, -0.25) is 0 Å². The minimum atomic E-state index is -0.627. The van der Waals surface area contributed by atoms with Crippen LogP contribution in [0.3, 0.4) is 0 Å². The first kappa shape index (κ1) is 12.5. The number of hydrogen-bond donors (Lipinski definition) is 1. The van der Waals surface area contributed by atoms with Crippen molar-refractivity contribution >= 4 is 34.6 Å². The van der Waals surface area contributed by atoms with Gasteiger partial charge in [-0.1, -0.05) is 0 Å². The Bertz CT molecular complexity index is 787. The number of nitrogens with zero attached hydrogens (tertiary/aromatic N) is 1. The van der Waals surface area contributed by atoms with Gasteiger partial charge < -0.3 is 9.55 Å². The number of rotatable bonds is 2. The number of halogens is 2. The summed E-state index contributed by atoms with van der Waals surface area (Å²) in [6, 6.07) is 4.06. The van der Waals surface area contributed by atoms with E-state index < -0.39 is 11.6 Å². The summed E-state index contributed by atoms with van der Waals surface area (Å²) >= 11 is 6.80. The topological polar surface area (TPSA) is 20.7 Å². The van der Waals surface area contributed by atoms with Crippen molar-refractivity contribution in [3.8, 4) is 0 Å². The SMILES string of the molecule is CC(c1ccsc1)n1c(=S)[nH]c2c(F)cc(F)cc21. The lowest BCUT2D eigenvalue weighted by atomic mass is 10.1. The summed E-state index contributed by atoms with van der Waals surface area (Å²) in [4.78, 5) is 2.80. The molecule has 6 heteroatoms. The molecule has 0 aliphatic carbocycles. The zero-order valence-electron chi connectivity index (χ0n) is 9.98. The average Bonchev–Trinajstić information content (AvgIpc) is 2.95. The lowest BCUT2D eigenvalue weighted by Gasteiger charge is -2.13. The van der Waals surface area contributed by atoms with Crippen molar-refractivity contribution in [3.63, 3.8) is 0 Å². The number of nitrogens with one attached hydrogen (secondary N) is 1. The lowest BCUT2D eigenvalue weighted by molar-refractivity contribution is 0.588. The summed E-state index contributed by atoms with van der Waals surface area (Å²) < 4.78 is 29.2. The Morgan fingerprint density at radius 3 is 2.84 bits per heavy atom. The van der Waals surface area contributed by atoms with Gasteiger partial charge >= 0.3 is 0 Å². The third kappa shape index (κ3) is 2.01. The summed E-state index contributed by atoms with van der Waals surface area (Å²) in [5.41, 5.74) is 1.75. The Balaban J connectivity index is 2.29. The molecule has 2 heterocycles. The third-order valence-corrected chi connectivity index (χ3v) is 4.16. The highest BCUT2D eigenvalue weighted by atomic mass is 32.1. The Kier molecular flexibility index (Phi) is 2.99. The number of hydrogen-bond acceptors (Lipinski definition) is 2. The highest BCUT2D eigenvalue weighted by molar-refractivity contribution is 7.71. The monoisotopic (exact) mass is 296 g/mol. The van der Waals surface area contributed by atoms with Gasteiger partial charge in [-0.25, -0.2) is 8.78 Å². The van der Waals surface area contributed by atoms with E-state index >= 15 is 0 Å². The van der Waals surface area contributed by atoms with Crippen LogP contribution in [0.25, 0.3) is 11.0 Å². The number of thiophene rings is 1. The maximum Gasteiger partial charge on any atom is 0.178 e. The van der Waals surface area contributed by atoms with Gasteiger partial charge in [0.1, 0.15) is 11.3 Å². The van der Waals surface area contributed by atoms with Crippen LogP contribution in [0.1, 0.15) is 18.5 Å². The van der Waals surface area contributed by atoms with Crippen LogP contribution in [0.5, 0.6) is 0 Å². The number of H-pyrrole nitrogens is 1. The van der Waals surface area contributed by atoms with Crippen molar-refractivity contribution in [1.29, 1.82) is 0 Å². The van der Waals surface area contributed by atoms with Gasteiger partial charge in [0.15, 0.2) is 10.6 Å². The minimum absolute atomic E-state index is 0.0753. The number of fused-ring (bicyclic) bond motifs is 1. The molecule has 1 aromatic carbocycles. The fourth-order valence-corrected chi connectivity index (χ4v) is 3.30. The Hall–Kier alpha value is -1.53. The quantitative estimate of drug-likeness (QED) is 0.683. The Morgan fingerprint density at radius 1 is 1.37 bits per heavy atom. The second-order valence-electron chi connectivity index (χ2n) is 4.31. The molecule has 0 spiro atoms. The number of aromatic nitrogens is 2. The van der Waals surface area contributed by atoms with Gasteiger partial charge in [0.25, 0.3) is 0 Å². The van der Waals surface area contributed by atoms with E-state index in [0.717, 1.165) is 11.6 Å². The molecule has 0 amide bonds. The van der Waals surface area contributed by atoms with E-state index in [-0.39, 0.29) is 11.6 Å². The molecule has 1 N–H and O–H groups in total. The van der Waals surface area contributed by atoms with Crippen molar-refractivity contribution in [2.24, 2.45) is 0 Å². The second kappa shape index (κ2) is 4.54. The van der Waals surface area contributed by atoms with Crippen LogP contribution in [0, 0.1) is 16.4 Å².